The molecule has 1 heterocycles. The summed E-state index contributed by atoms with van der Waals surface area (Å²) in [6.45, 7) is 1.99. The second-order valence-electron chi connectivity index (χ2n) is 4.50. The first-order valence-electron chi connectivity index (χ1n) is 5.85. The number of nitrogens with two attached hydrogens (primary N) is 1. The first-order chi connectivity index (χ1) is 8.86. The van der Waals surface area contributed by atoms with Gasteiger partial charge in [-0.15, -0.1) is 0 Å². The number of hydrogen-bond donors (Lipinski definition) is 1. The summed E-state index contributed by atoms with van der Waals surface area (Å²) in [7, 11) is 0.993. The van der Waals surface area contributed by atoms with Crippen molar-refractivity contribution in [3.05, 3.63) is 30.1 Å². The Morgan fingerprint density at radius 1 is 1.42 bits per heavy atom. The standard InChI is InChI=1S/C13H18N4OS/c1-9-11(8-16-17(9)3)10-5-6-12(14)13(7-10)19(4,18)15-2/h5-8H,14H2,1-4H3. The fourth-order valence-corrected chi connectivity index (χ4v) is 2.96. The van der Waals surface area contributed by atoms with Crippen LogP contribution in [0.4, 0.5) is 5.69 Å². The van der Waals surface area contributed by atoms with Crippen molar-refractivity contribution >= 4 is 15.4 Å². The Balaban J connectivity index is 2.67. The van der Waals surface area contributed by atoms with Crippen molar-refractivity contribution in [1.29, 1.82) is 0 Å². The second kappa shape index (κ2) is 4.70. The molecule has 0 radical (unpaired) electrons. The molecule has 0 aliphatic rings. The van der Waals surface area contributed by atoms with Crippen LogP contribution in [0.15, 0.2) is 33.7 Å². The van der Waals surface area contributed by atoms with Crippen LogP contribution in [0.2, 0.25) is 0 Å². The van der Waals surface area contributed by atoms with E-state index in [0.717, 1.165) is 16.8 Å². The third kappa shape index (κ3) is 2.35. The molecule has 0 amide bonds. The molecule has 0 aliphatic heterocycles. The minimum atomic E-state index is -2.44. The number of nitrogens with zero attached hydrogens (tertiary/aromatic N) is 3. The highest BCUT2D eigenvalue weighted by Crippen LogP contribution is 2.29. The Morgan fingerprint density at radius 2 is 2.11 bits per heavy atom. The number of benzene rings is 1. The molecule has 1 unspecified atom stereocenters. The molecule has 1 atom stereocenters. The van der Waals surface area contributed by atoms with Gasteiger partial charge in [-0.2, -0.15) is 5.10 Å². The smallest absolute Gasteiger partial charge is 0.0740 e. The van der Waals surface area contributed by atoms with E-state index in [1.165, 1.54) is 0 Å². The summed E-state index contributed by atoms with van der Waals surface area (Å²) in [5.74, 6) is 0. The molecule has 1 aromatic carbocycles. The molecule has 6 heteroatoms. The maximum Gasteiger partial charge on any atom is 0.0740 e. The van der Waals surface area contributed by atoms with Gasteiger partial charge in [-0.25, -0.2) is 8.57 Å². The van der Waals surface area contributed by atoms with Gasteiger partial charge in [-0.05, 0) is 24.6 Å². The number of aromatic nitrogens is 2. The molecule has 0 spiro atoms. The topological polar surface area (TPSA) is 73.3 Å². The van der Waals surface area contributed by atoms with Gasteiger partial charge in [0, 0.05) is 37.3 Å². The summed E-state index contributed by atoms with van der Waals surface area (Å²) < 4.78 is 18.1. The van der Waals surface area contributed by atoms with E-state index in [1.807, 2.05) is 26.1 Å². The molecular formula is C13H18N4OS. The van der Waals surface area contributed by atoms with E-state index in [9.17, 15) is 4.21 Å². The lowest BCUT2D eigenvalue weighted by atomic mass is 10.1. The first kappa shape index (κ1) is 13.6. The summed E-state index contributed by atoms with van der Waals surface area (Å²) in [4.78, 5) is 0.579. The van der Waals surface area contributed by atoms with E-state index in [0.29, 0.717) is 10.6 Å². The van der Waals surface area contributed by atoms with Crippen LogP contribution in [0.1, 0.15) is 5.69 Å². The first-order valence-corrected chi connectivity index (χ1v) is 7.78. The van der Waals surface area contributed by atoms with Crippen molar-refractivity contribution in [2.75, 3.05) is 19.0 Å². The highest BCUT2D eigenvalue weighted by molar-refractivity contribution is 7.93. The van der Waals surface area contributed by atoms with Gasteiger partial charge in [0.1, 0.15) is 0 Å². The van der Waals surface area contributed by atoms with Crippen LogP contribution in [0.3, 0.4) is 0 Å². The fourth-order valence-electron chi connectivity index (χ4n) is 1.91. The zero-order chi connectivity index (χ0) is 14.2. The number of aryl methyl sites for hydroxylation is 1. The Labute approximate surface area is 113 Å². The summed E-state index contributed by atoms with van der Waals surface area (Å²) in [5, 5.41) is 4.22. The van der Waals surface area contributed by atoms with Crippen LogP contribution in [-0.2, 0) is 16.8 Å². The molecule has 19 heavy (non-hydrogen) atoms. The maximum absolute atomic E-state index is 12.4. The van der Waals surface area contributed by atoms with Gasteiger partial charge in [0.05, 0.1) is 20.8 Å². The van der Waals surface area contributed by atoms with Crippen LogP contribution >= 0.6 is 0 Å². The molecule has 2 rings (SSSR count). The molecule has 2 aromatic rings. The Hall–Kier alpha value is -1.82. The van der Waals surface area contributed by atoms with Crippen molar-refractivity contribution in [1.82, 2.24) is 9.78 Å². The highest BCUT2D eigenvalue weighted by Gasteiger charge is 2.13. The lowest BCUT2D eigenvalue weighted by molar-refractivity contribution is 0.680. The van der Waals surface area contributed by atoms with E-state index < -0.39 is 9.73 Å². The summed E-state index contributed by atoms with van der Waals surface area (Å²) in [5.41, 5.74) is 9.42. The second-order valence-corrected chi connectivity index (χ2v) is 6.91. The molecular weight excluding hydrogens is 260 g/mol. The van der Waals surface area contributed by atoms with Gasteiger partial charge in [-0.1, -0.05) is 6.07 Å². The van der Waals surface area contributed by atoms with E-state index >= 15 is 0 Å². The number of anilines is 1. The van der Waals surface area contributed by atoms with Gasteiger partial charge in [0.25, 0.3) is 0 Å². The average molecular weight is 278 g/mol. The van der Waals surface area contributed by atoms with E-state index in [1.54, 1.807) is 30.2 Å². The number of rotatable bonds is 2. The minimum Gasteiger partial charge on any atom is -0.398 e. The Morgan fingerprint density at radius 3 is 2.63 bits per heavy atom. The van der Waals surface area contributed by atoms with Crippen LogP contribution < -0.4 is 5.73 Å². The molecule has 2 N–H and O–H groups in total. The lowest BCUT2D eigenvalue weighted by Crippen LogP contribution is -2.02. The molecule has 0 fully saturated rings. The van der Waals surface area contributed by atoms with Crippen LogP contribution in [0.5, 0.6) is 0 Å². The minimum absolute atomic E-state index is 0.503. The van der Waals surface area contributed by atoms with Gasteiger partial charge >= 0.3 is 0 Å². The number of hydrogen-bond acceptors (Lipinski definition) is 4. The van der Waals surface area contributed by atoms with Gasteiger partial charge in [0.15, 0.2) is 0 Å². The normalized spacial score (nSPS) is 14.1. The van der Waals surface area contributed by atoms with Crippen LogP contribution in [0.25, 0.3) is 11.1 Å². The molecule has 0 saturated carbocycles. The van der Waals surface area contributed by atoms with Crippen LogP contribution in [0, 0.1) is 6.92 Å². The third-order valence-corrected chi connectivity index (χ3v) is 5.18. The Kier molecular flexibility index (Phi) is 3.36. The van der Waals surface area contributed by atoms with E-state index in [2.05, 4.69) is 9.46 Å². The monoisotopic (exact) mass is 278 g/mol. The zero-order valence-corrected chi connectivity index (χ0v) is 12.4. The largest absolute Gasteiger partial charge is 0.398 e. The van der Waals surface area contributed by atoms with Crippen molar-refractivity contribution in [3.8, 4) is 11.1 Å². The molecule has 0 saturated heterocycles. The summed E-state index contributed by atoms with van der Waals surface area (Å²) in [6, 6.07) is 5.52. The predicted octanol–water partition coefficient (Wildman–Crippen LogP) is 2.06. The molecule has 102 valence electrons. The zero-order valence-electron chi connectivity index (χ0n) is 11.5. The summed E-state index contributed by atoms with van der Waals surface area (Å²) >= 11 is 0. The quantitative estimate of drug-likeness (QED) is 0.855. The van der Waals surface area contributed by atoms with Crippen LogP contribution in [-0.4, -0.2) is 27.3 Å². The van der Waals surface area contributed by atoms with E-state index in [-0.39, 0.29) is 0 Å². The SMILES string of the molecule is CN=S(C)(=O)c1cc(-c2cnn(C)c2C)ccc1N. The highest BCUT2D eigenvalue weighted by atomic mass is 32.2. The average Bonchev–Trinajstić information content (AvgIpc) is 2.71. The molecule has 5 nitrogen and oxygen atoms in total. The van der Waals surface area contributed by atoms with Gasteiger partial charge in [0.2, 0.25) is 0 Å². The molecule has 0 aliphatic carbocycles. The lowest BCUT2D eigenvalue weighted by Gasteiger charge is -2.10. The van der Waals surface area contributed by atoms with Gasteiger partial charge < -0.3 is 5.73 Å². The number of nitrogen functional groups attached to an aromatic ring is 1. The fraction of sp³-hybridized carbons (Fsp3) is 0.308. The predicted molar refractivity (Wildman–Crippen MR) is 78.5 cm³/mol. The Bertz CT molecular complexity index is 739. The maximum atomic E-state index is 12.4. The van der Waals surface area contributed by atoms with Crippen molar-refractivity contribution in [3.63, 3.8) is 0 Å². The summed E-state index contributed by atoms with van der Waals surface area (Å²) in [6.07, 6.45) is 3.39. The molecule has 1 aromatic heterocycles. The molecule has 0 bridgehead atoms. The van der Waals surface area contributed by atoms with Crippen molar-refractivity contribution in [2.45, 2.75) is 11.8 Å². The third-order valence-electron chi connectivity index (χ3n) is 3.32. The van der Waals surface area contributed by atoms with E-state index in [4.69, 9.17) is 5.73 Å². The van der Waals surface area contributed by atoms with Gasteiger partial charge in [-0.3, -0.25) is 4.68 Å². The van der Waals surface area contributed by atoms with Crippen molar-refractivity contribution < 1.29 is 4.21 Å². The van der Waals surface area contributed by atoms with Crippen molar-refractivity contribution in [2.24, 2.45) is 11.4 Å².